The van der Waals surface area contributed by atoms with Crippen molar-refractivity contribution in [2.45, 2.75) is 64.1 Å². The van der Waals surface area contributed by atoms with Gasteiger partial charge in [-0.3, -0.25) is 9.80 Å². The lowest BCUT2D eigenvalue weighted by Gasteiger charge is -2.48. The summed E-state index contributed by atoms with van der Waals surface area (Å²) in [5.41, 5.74) is 0. The Bertz CT molecular complexity index is 249. The van der Waals surface area contributed by atoms with E-state index < -0.39 is 0 Å². The van der Waals surface area contributed by atoms with Crippen molar-refractivity contribution in [1.29, 1.82) is 0 Å². The molecule has 0 bridgehead atoms. The monoisotopic (exact) mass is 222 g/mol. The van der Waals surface area contributed by atoms with Crippen LogP contribution in [-0.4, -0.2) is 47.6 Å². The first kappa shape index (κ1) is 11.0. The highest BCUT2D eigenvalue weighted by Crippen LogP contribution is 2.35. The Balaban J connectivity index is 1.65. The third-order valence-electron chi connectivity index (χ3n) is 5.34. The number of nitrogens with zero attached hydrogens (tertiary/aromatic N) is 2. The van der Waals surface area contributed by atoms with Crippen molar-refractivity contribution in [2.24, 2.45) is 5.92 Å². The zero-order valence-corrected chi connectivity index (χ0v) is 10.9. The van der Waals surface area contributed by atoms with E-state index in [1.807, 2.05) is 0 Å². The first-order valence-corrected chi connectivity index (χ1v) is 7.25. The van der Waals surface area contributed by atoms with Crippen molar-refractivity contribution in [3.05, 3.63) is 0 Å². The molecule has 3 aliphatic rings. The van der Waals surface area contributed by atoms with Gasteiger partial charge in [-0.25, -0.2) is 0 Å². The van der Waals surface area contributed by atoms with Crippen LogP contribution in [0.4, 0.5) is 0 Å². The van der Waals surface area contributed by atoms with Gasteiger partial charge in [0.1, 0.15) is 0 Å². The van der Waals surface area contributed by atoms with Gasteiger partial charge in [0.05, 0.1) is 0 Å². The average Bonchev–Trinajstić information content (AvgIpc) is 2.60. The summed E-state index contributed by atoms with van der Waals surface area (Å²) in [7, 11) is 0. The summed E-state index contributed by atoms with van der Waals surface area (Å²) in [6.07, 6.45) is 7.33. The molecule has 0 radical (unpaired) electrons. The van der Waals surface area contributed by atoms with Gasteiger partial charge >= 0.3 is 0 Å². The molecular formula is C14H26N2. The van der Waals surface area contributed by atoms with Crippen molar-refractivity contribution < 1.29 is 0 Å². The highest BCUT2D eigenvalue weighted by atomic mass is 15.3. The van der Waals surface area contributed by atoms with Gasteiger partial charge < -0.3 is 0 Å². The maximum absolute atomic E-state index is 2.82. The minimum absolute atomic E-state index is 0.782. The second-order valence-corrected chi connectivity index (χ2v) is 6.27. The van der Waals surface area contributed by atoms with Crippen LogP contribution >= 0.6 is 0 Å². The molecular weight excluding hydrogens is 196 g/mol. The Labute approximate surface area is 100.0 Å². The predicted octanol–water partition coefficient (Wildman–Crippen LogP) is 2.34. The van der Waals surface area contributed by atoms with Crippen LogP contribution in [0.25, 0.3) is 0 Å². The second kappa shape index (κ2) is 4.30. The highest BCUT2D eigenvalue weighted by Gasteiger charge is 2.38. The fourth-order valence-corrected chi connectivity index (χ4v) is 3.97. The molecule has 2 heterocycles. The van der Waals surface area contributed by atoms with Crippen LogP contribution in [0.5, 0.6) is 0 Å². The van der Waals surface area contributed by atoms with Gasteiger partial charge in [0, 0.05) is 31.2 Å². The molecule has 1 aliphatic carbocycles. The molecule has 1 saturated carbocycles. The lowest BCUT2D eigenvalue weighted by molar-refractivity contribution is 0.000293. The smallest absolute Gasteiger partial charge is 0.0224 e. The lowest BCUT2D eigenvalue weighted by Crippen LogP contribution is -2.59. The van der Waals surface area contributed by atoms with Crippen molar-refractivity contribution in [2.75, 3.05) is 19.6 Å². The molecule has 3 atom stereocenters. The van der Waals surface area contributed by atoms with Crippen molar-refractivity contribution in [3.63, 3.8) is 0 Å². The van der Waals surface area contributed by atoms with Crippen LogP contribution in [0.15, 0.2) is 0 Å². The summed E-state index contributed by atoms with van der Waals surface area (Å²) in [6, 6.07) is 2.51. The first-order valence-electron chi connectivity index (χ1n) is 7.25. The number of fused-ring (bicyclic) bond motifs is 1. The predicted molar refractivity (Wildman–Crippen MR) is 67.6 cm³/mol. The standard InChI is InChI=1S/C14H26N2/c1-11-9-15-8-4-7-14(15)10-16(11)12(2)13-5-3-6-13/h11-14H,3-10H2,1-2H3. The molecule has 0 spiro atoms. The van der Waals surface area contributed by atoms with E-state index in [9.17, 15) is 0 Å². The Morgan fingerprint density at radius 3 is 2.56 bits per heavy atom. The molecule has 16 heavy (non-hydrogen) atoms. The summed E-state index contributed by atoms with van der Waals surface area (Å²) in [5.74, 6) is 1.01. The van der Waals surface area contributed by atoms with Gasteiger partial charge in [-0.05, 0) is 52.0 Å². The minimum Gasteiger partial charge on any atom is -0.298 e. The summed E-state index contributed by atoms with van der Waals surface area (Å²) >= 11 is 0. The van der Waals surface area contributed by atoms with Gasteiger partial charge in [0.25, 0.3) is 0 Å². The molecule has 2 saturated heterocycles. The SMILES string of the molecule is CC1CN2CCCC2CN1C(C)C1CCC1. The van der Waals surface area contributed by atoms with Crippen LogP contribution in [0, 0.1) is 5.92 Å². The van der Waals surface area contributed by atoms with Crippen LogP contribution in [0.2, 0.25) is 0 Å². The topological polar surface area (TPSA) is 6.48 Å². The van der Waals surface area contributed by atoms with Gasteiger partial charge in [0.2, 0.25) is 0 Å². The first-order chi connectivity index (χ1) is 7.75. The molecule has 2 aliphatic heterocycles. The molecule has 3 rings (SSSR count). The number of hydrogen-bond acceptors (Lipinski definition) is 2. The molecule has 0 aromatic rings. The van der Waals surface area contributed by atoms with Crippen molar-refractivity contribution >= 4 is 0 Å². The fourth-order valence-electron chi connectivity index (χ4n) is 3.97. The number of piperazine rings is 1. The van der Waals surface area contributed by atoms with E-state index >= 15 is 0 Å². The van der Waals surface area contributed by atoms with E-state index in [2.05, 4.69) is 23.6 Å². The molecule has 0 aromatic heterocycles. The third kappa shape index (κ3) is 1.80. The maximum atomic E-state index is 2.82. The van der Waals surface area contributed by atoms with Crippen LogP contribution in [0.1, 0.15) is 46.0 Å². The van der Waals surface area contributed by atoms with Gasteiger partial charge in [-0.2, -0.15) is 0 Å². The fraction of sp³-hybridized carbons (Fsp3) is 1.00. The Hall–Kier alpha value is -0.0800. The molecule has 2 nitrogen and oxygen atoms in total. The largest absolute Gasteiger partial charge is 0.298 e. The summed E-state index contributed by atoms with van der Waals surface area (Å²) < 4.78 is 0. The van der Waals surface area contributed by atoms with E-state index in [0.29, 0.717) is 0 Å². The average molecular weight is 222 g/mol. The summed E-state index contributed by atoms with van der Waals surface area (Å²) in [4.78, 5) is 5.55. The molecule has 3 fully saturated rings. The molecule has 0 aromatic carbocycles. The van der Waals surface area contributed by atoms with Crippen LogP contribution in [-0.2, 0) is 0 Å². The Morgan fingerprint density at radius 2 is 1.88 bits per heavy atom. The van der Waals surface area contributed by atoms with Crippen LogP contribution < -0.4 is 0 Å². The van der Waals surface area contributed by atoms with Gasteiger partial charge in [0.15, 0.2) is 0 Å². The normalized spacial score (nSPS) is 39.4. The second-order valence-electron chi connectivity index (χ2n) is 6.27. The maximum Gasteiger partial charge on any atom is 0.0224 e. The van der Waals surface area contributed by atoms with E-state index in [1.165, 1.54) is 51.7 Å². The third-order valence-corrected chi connectivity index (χ3v) is 5.34. The molecule has 0 amide bonds. The molecule has 92 valence electrons. The number of hydrogen-bond donors (Lipinski definition) is 0. The van der Waals surface area contributed by atoms with Gasteiger partial charge in [-0.15, -0.1) is 0 Å². The van der Waals surface area contributed by atoms with E-state index in [4.69, 9.17) is 0 Å². The van der Waals surface area contributed by atoms with E-state index in [1.54, 1.807) is 0 Å². The van der Waals surface area contributed by atoms with E-state index in [0.717, 1.165) is 24.0 Å². The zero-order valence-electron chi connectivity index (χ0n) is 10.9. The summed E-state index contributed by atoms with van der Waals surface area (Å²) in [5, 5.41) is 0. The summed E-state index contributed by atoms with van der Waals surface area (Å²) in [6.45, 7) is 8.94. The molecule has 0 N–H and O–H groups in total. The minimum atomic E-state index is 0.782. The van der Waals surface area contributed by atoms with Crippen molar-refractivity contribution in [3.8, 4) is 0 Å². The highest BCUT2D eigenvalue weighted by molar-refractivity contribution is 4.94. The van der Waals surface area contributed by atoms with Crippen molar-refractivity contribution in [1.82, 2.24) is 9.80 Å². The molecule has 3 unspecified atom stereocenters. The van der Waals surface area contributed by atoms with E-state index in [-0.39, 0.29) is 0 Å². The zero-order chi connectivity index (χ0) is 11.1. The lowest BCUT2D eigenvalue weighted by atomic mass is 9.79. The number of rotatable bonds is 2. The quantitative estimate of drug-likeness (QED) is 0.707. The molecule has 2 heteroatoms. The van der Waals surface area contributed by atoms with Crippen LogP contribution in [0.3, 0.4) is 0 Å². The Morgan fingerprint density at radius 1 is 1.06 bits per heavy atom. The Kier molecular flexibility index (Phi) is 2.97. The van der Waals surface area contributed by atoms with Gasteiger partial charge in [-0.1, -0.05) is 6.42 Å².